The van der Waals surface area contributed by atoms with E-state index in [4.69, 9.17) is 0 Å². The summed E-state index contributed by atoms with van der Waals surface area (Å²) < 4.78 is 4.27. The highest BCUT2D eigenvalue weighted by atomic mass is 79.9. The van der Waals surface area contributed by atoms with Crippen LogP contribution in [-0.2, 0) is 13.0 Å². The molecule has 0 aliphatic carbocycles. The lowest BCUT2D eigenvalue weighted by molar-refractivity contribution is 0.488. The van der Waals surface area contributed by atoms with Gasteiger partial charge in [-0.15, -0.1) is 0 Å². The van der Waals surface area contributed by atoms with Gasteiger partial charge in [-0.3, -0.25) is 4.68 Å². The predicted octanol–water partition coefficient (Wildman–Crippen LogP) is 4.32. The third-order valence-electron chi connectivity index (χ3n) is 3.30. The molecule has 20 heavy (non-hydrogen) atoms. The lowest BCUT2D eigenvalue weighted by atomic mass is 10.0. The summed E-state index contributed by atoms with van der Waals surface area (Å²) in [5, 5.41) is 7.98. The molecule has 0 fully saturated rings. The quantitative estimate of drug-likeness (QED) is 0.782. The van der Waals surface area contributed by atoms with Crippen molar-refractivity contribution in [3.05, 3.63) is 50.7 Å². The lowest BCUT2D eigenvalue weighted by Gasteiger charge is -2.20. The maximum Gasteiger partial charge on any atom is 0.0698 e. The van der Waals surface area contributed by atoms with Gasteiger partial charge in [-0.1, -0.05) is 41.1 Å². The molecule has 3 nitrogen and oxygen atoms in total. The Morgan fingerprint density at radius 3 is 2.60 bits per heavy atom. The second-order valence-electron chi connectivity index (χ2n) is 4.60. The fourth-order valence-corrected chi connectivity index (χ4v) is 3.39. The molecule has 5 heteroatoms. The van der Waals surface area contributed by atoms with Gasteiger partial charge in [0.2, 0.25) is 0 Å². The Hall–Kier alpha value is -0.650. The van der Waals surface area contributed by atoms with Gasteiger partial charge in [-0.25, -0.2) is 0 Å². The van der Waals surface area contributed by atoms with Crippen molar-refractivity contribution < 1.29 is 0 Å². The minimum Gasteiger partial charge on any atom is -0.309 e. The number of likely N-dealkylation sites (N-methyl/N-ethyl adjacent to an activating group) is 1. The summed E-state index contributed by atoms with van der Waals surface area (Å²) in [5.41, 5.74) is 2.51. The molecule has 1 heterocycles. The summed E-state index contributed by atoms with van der Waals surface area (Å²) in [7, 11) is 0. The molecule has 0 aliphatic heterocycles. The maximum atomic E-state index is 4.42. The number of hydrogen-bond donors (Lipinski definition) is 1. The molecule has 0 saturated heterocycles. The van der Waals surface area contributed by atoms with Gasteiger partial charge in [0.1, 0.15) is 0 Å². The van der Waals surface area contributed by atoms with E-state index in [1.807, 2.05) is 16.9 Å². The van der Waals surface area contributed by atoms with E-state index in [-0.39, 0.29) is 6.04 Å². The number of aryl methyl sites for hydroxylation is 1. The largest absolute Gasteiger partial charge is 0.309 e. The first-order valence-corrected chi connectivity index (χ1v) is 8.43. The Balaban J connectivity index is 2.32. The third-order valence-corrected chi connectivity index (χ3v) is 4.68. The van der Waals surface area contributed by atoms with Gasteiger partial charge in [-0.2, -0.15) is 5.10 Å². The molecule has 0 aliphatic rings. The summed E-state index contributed by atoms with van der Waals surface area (Å²) in [5.74, 6) is 0. The normalized spacial score (nSPS) is 12.6. The first kappa shape index (κ1) is 15.7. The maximum absolute atomic E-state index is 4.42. The van der Waals surface area contributed by atoms with Crippen LogP contribution in [0.4, 0.5) is 0 Å². The Morgan fingerprint density at radius 1 is 1.20 bits per heavy atom. The topological polar surface area (TPSA) is 29.9 Å². The fourth-order valence-electron chi connectivity index (χ4n) is 2.37. The van der Waals surface area contributed by atoms with Crippen LogP contribution in [0.5, 0.6) is 0 Å². The van der Waals surface area contributed by atoms with Crippen molar-refractivity contribution in [1.82, 2.24) is 15.1 Å². The Labute approximate surface area is 137 Å². The molecular formula is C15H19Br2N3. The van der Waals surface area contributed by atoms with E-state index < -0.39 is 0 Å². The van der Waals surface area contributed by atoms with Crippen LogP contribution in [0, 0.1) is 0 Å². The molecule has 1 atom stereocenters. The molecule has 108 valence electrons. The number of benzene rings is 1. The third kappa shape index (κ3) is 3.51. The average molecular weight is 401 g/mol. The molecular weight excluding hydrogens is 382 g/mol. The number of aromatic nitrogens is 2. The highest BCUT2D eigenvalue weighted by Crippen LogP contribution is 2.28. The van der Waals surface area contributed by atoms with Gasteiger partial charge in [0, 0.05) is 11.0 Å². The first-order valence-electron chi connectivity index (χ1n) is 6.85. The molecule has 1 N–H and O–H groups in total. The number of nitrogens with zero attached hydrogens (tertiary/aromatic N) is 2. The van der Waals surface area contributed by atoms with Crippen LogP contribution in [0.25, 0.3) is 0 Å². The van der Waals surface area contributed by atoms with Gasteiger partial charge in [0.15, 0.2) is 0 Å². The number of nitrogens with one attached hydrogen (secondary N) is 1. The summed E-state index contributed by atoms with van der Waals surface area (Å²) in [6, 6.07) is 8.62. The summed E-state index contributed by atoms with van der Waals surface area (Å²) in [6.07, 6.45) is 2.81. The molecule has 1 aromatic carbocycles. The van der Waals surface area contributed by atoms with Crippen LogP contribution < -0.4 is 5.32 Å². The highest BCUT2D eigenvalue weighted by molar-refractivity contribution is 9.10. The van der Waals surface area contributed by atoms with Gasteiger partial charge >= 0.3 is 0 Å². The van der Waals surface area contributed by atoms with Crippen LogP contribution in [-0.4, -0.2) is 16.3 Å². The van der Waals surface area contributed by atoms with Crippen LogP contribution in [0.3, 0.4) is 0 Å². The lowest BCUT2D eigenvalue weighted by Crippen LogP contribution is -2.26. The Bertz CT molecular complexity index is 566. The summed E-state index contributed by atoms with van der Waals surface area (Å²) >= 11 is 7.26. The van der Waals surface area contributed by atoms with Crippen molar-refractivity contribution in [3.63, 3.8) is 0 Å². The highest BCUT2D eigenvalue weighted by Gasteiger charge is 2.20. The van der Waals surface area contributed by atoms with Crippen LogP contribution >= 0.6 is 31.9 Å². The van der Waals surface area contributed by atoms with E-state index in [1.54, 1.807) is 0 Å². The molecule has 0 bridgehead atoms. The predicted molar refractivity (Wildman–Crippen MR) is 89.9 cm³/mol. The number of rotatable bonds is 6. The van der Waals surface area contributed by atoms with Crippen molar-refractivity contribution in [3.8, 4) is 0 Å². The molecule has 1 aromatic heterocycles. The van der Waals surface area contributed by atoms with Crippen molar-refractivity contribution >= 4 is 31.9 Å². The summed E-state index contributed by atoms with van der Waals surface area (Å²) in [4.78, 5) is 0. The van der Waals surface area contributed by atoms with Gasteiger partial charge in [-0.05, 0) is 47.4 Å². The van der Waals surface area contributed by atoms with Crippen molar-refractivity contribution in [2.45, 2.75) is 32.9 Å². The van der Waals surface area contributed by atoms with Crippen LogP contribution in [0.15, 0.2) is 39.4 Å². The smallest absolute Gasteiger partial charge is 0.0698 e. The van der Waals surface area contributed by atoms with E-state index >= 15 is 0 Å². The van der Waals surface area contributed by atoms with Crippen molar-refractivity contribution in [2.75, 3.05) is 6.54 Å². The van der Waals surface area contributed by atoms with E-state index in [1.165, 1.54) is 11.3 Å². The van der Waals surface area contributed by atoms with Crippen LogP contribution in [0.2, 0.25) is 0 Å². The van der Waals surface area contributed by atoms with Gasteiger partial charge in [0.25, 0.3) is 0 Å². The monoisotopic (exact) mass is 399 g/mol. The molecule has 2 rings (SSSR count). The van der Waals surface area contributed by atoms with Gasteiger partial charge in [0.05, 0.1) is 22.4 Å². The molecule has 0 spiro atoms. The SMILES string of the molecule is CCNC(Cc1ccccc1Br)c1c(Br)cnn1CC. The minimum absolute atomic E-state index is 0.246. The molecule has 0 radical (unpaired) electrons. The molecule has 0 amide bonds. The van der Waals surface area contributed by atoms with Crippen LogP contribution in [0.1, 0.15) is 31.1 Å². The zero-order chi connectivity index (χ0) is 14.5. The number of halogens is 2. The second-order valence-corrected chi connectivity index (χ2v) is 6.31. The second kappa shape index (κ2) is 7.38. The molecule has 2 aromatic rings. The molecule has 1 unspecified atom stereocenters. The zero-order valence-corrected chi connectivity index (χ0v) is 14.9. The fraction of sp³-hybridized carbons (Fsp3) is 0.400. The van der Waals surface area contributed by atoms with Crippen molar-refractivity contribution in [2.24, 2.45) is 0 Å². The average Bonchev–Trinajstić information content (AvgIpc) is 2.81. The minimum atomic E-state index is 0.246. The Kier molecular flexibility index (Phi) is 5.81. The zero-order valence-electron chi connectivity index (χ0n) is 11.7. The summed E-state index contributed by atoms with van der Waals surface area (Å²) in [6.45, 7) is 6.05. The first-order chi connectivity index (χ1) is 9.67. The standard InChI is InChI=1S/C15H19Br2N3/c1-3-18-14(9-11-7-5-6-8-12(11)16)15-13(17)10-19-20(15)4-2/h5-8,10,14,18H,3-4,9H2,1-2H3. The van der Waals surface area contributed by atoms with Crippen molar-refractivity contribution in [1.29, 1.82) is 0 Å². The number of hydrogen-bond acceptors (Lipinski definition) is 2. The van der Waals surface area contributed by atoms with E-state index in [0.717, 1.165) is 28.5 Å². The van der Waals surface area contributed by atoms with E-state index in [0.29, 0.717) is 0 Å². The van der Waals surface area contributed by atoms with E-state index in [9.17, 15) is 0 Å². The van der Waals surface area contributed by atoms with Gasteiger partial charge < -0.3 is 5.32 Å². The molecule has 0 saturated carbocycles. The Morgan fingerprint density at radius 2 is 1.95 bits per heavy atom. The van der Waals surface area contributed by atoms with E-state index in [2.05, 4.69) is 74.3 Å².